The van der Waals surface area contributed by atoms with E-state index in [1.807, 2.05) is 31.2 Å². The van der Waals surface area contributed by atoms with Crippen molar-refractivity contribution in [2.75, 3.05) is 18.5 Å². The summed E-state index contributed by atoms with van der Waals surface area (Å²) < 4.78 is 0. The molecule has 0 N–H and O–H groups in total. The highest BCUT2D eigenvalue weighted by atomic mass is 16.2. The lowest BCUT2D eigenvalue weighted by molar-refractivity contribution is -0.124. The first-order valence-electron chi connectivity index (χ1n) is 9.82. The van der Waals surface area contributed by atoms with E-state index in [1.165, 1.54) is 0 Å². The topological polar surface area (TPSA) is 53.5 Å². The minimum Gasteiger partial charge on any atom is -0.314 e. The van der Waals surface area contributed by atoms with Crippen molar-refractivity contribution in [1.82, 2.24) is 9.88 Å². The maximum absolute atomic E-state index is 13.0. The molecule has 0 bridgehead atoms. The molecule has 1 fully saturated rings. The number of hydrogen-bond acceptors (Lipinski definition) is 3. The number of anilines is 1. The number of aryl methyl sites for hydroxylation is 1. The summed E-state index contributed by atoms with van der Waals surface area (Å²) in [6, 6.07) is 11.7. The number of benzene rings is 1. The van der Waals surface area contributed by atoms with Crippen LogP contribution in [0.2, 0.25) is 0 Å². The Morgan fingerprint density at radius 1 is 1.24 bits per heavy atom. The van der Waals surface area contributed by atoms with Gasteiger partial charge in [-0.25, -0.2) is 0 Å². The summed E-state index contributed by atoms with van der Waals surface area (Å²) in [5.41, 5.74) is 5.61. The fraction of sp³-hybridized carbons (Fsp3) is 0.292. The van der Waals surface area contributed by atoms with Crippen LogP contribution in [0.5, 0.6) is 0 Å². The van der Waals surface area contributed by atoms with Crippen LogP contribution in [0.3, 0.4) is 0 Å². The van der Waals surface area contributed by atoms with Crippen molar-refractivity contribution in [2.24, 2.45) is 0 Å². The van der Waals surface area contributed by atoms with Gasteiger partial charge in [-0.1, -0.05) is 30.8 Å². The quantitative estimate of drug-likeness (QED) is 0.690. The molecule has 1 saturated heterocycles. The van der Waals surface area contributed by atoms with E-state index in [4.69, 9.17) is 0 Å². The molecule has 2 heterocycles. The summed E-state index contributed by atoms with van der Waals surface area (Å²) in [6.07, 6.45) is 4.84. The minimum absolute atomic E-state index is 0.00196. The normalized spacial score (nSPS) is 15.6. The predicted molar refractivity (Wildman–Crippen MR) is 116 cm³/mol. The molecule has 2 aromatic rings. The van der Waals surface area contributed by atoms with Gasteiger partial charge in [0.05, 0.1) is 11.9 Å². The molecular weight excluding hydrogens is 362 g/mol. The number of likely N-dealkylation sites (tertiary alicyclic amines) is 1. The number of hydrogen-bond donors (Lipinski definition) is 0. The third-order valence-corrected chi connectivity index (χ3v) is 5.45. The van der Waals surface area contributed by atoms with Gasteiger partial charge in [0.2, 0.25) is 5.91 Å². The monoisotopic (exact) mass is 389 g/mol. The molecule has 5 heteroatoms. The van der Waals surface area contributed by atoms with Crippen LogP contribution in [0.15, 0.2) is 66.6 Å². The predicted octanol–water partition coefficient (Wildman–Crippen LogP) is 4.35. The number of nitrogens with zero attached hydrogens (tertiary/aromatic N) is 3. The van der Waals surface area contributed by atoms with Gasteiger partial charge in [-0.05, 0) is 49.1 Å². The highest BCUT2D eigenvalue weighted by Crippen LogP contribution is 2.33. The van der Waals surface area contributed by atoms with Crippen molar-refractivity contribution in [2.45, 2.75) is 33.1 Å². The average molecular weight is 389 g/mol. The molecule has 5 nitrogen and oxygen atoms in total. The summed E-state index contributed by atoms with van der Waals surface area (Å²) in [4.78, 5) is 32.8. The zero-order valence-electron chi connectivity index (χ0n) is 17.3. The summed E-state index contributed by atoms with van der Waals surface area (Å²) in [5, 5.41) is 0. The van der Waals surface area contributed by atoms with Gasteiger partial charge in [0.1, 0.15) is 0 Å². The molecule has 1 aromatic heterocycles. The van der Waals surface area contributed by atoms with Crippen molar-refractivity contribution in [3.05, 3.63) is 77.8 Å². The molecule has 29 heavy (non-hydrogen) atoms. The Labute approximate surface area is 172 Å². The van der Waals surface area contributed by atoms with Gasteiger partial charge in [0.25, 0.3) is 5.91 Å². The zero-order valence-corrected chi connectivity index (χ0v) is 17.3. The number of aromatic nitrogens is 1. The van der Waals surface area contributed by atoms with Crippen molar-refractivity contribution >= 4 is 23.1 Å². The molecule has 0 radical (unpaired) electrons. The van der Waals surface area contributed by atoms with Gasteiger partial charge in [-0.2, -0.15) is 0 Å². The molecule has 0 atom stereocenters. The second-order valence-electron chi connectivity index (χ2n) is 7.39. The van der Waals surface area contributed by atoms with Gasteiger partial charge in [-0.15, -0.1) is 0 Å². The SMILES string of the molecule is C=C1CC(=C(C)c2ccccc2C)C(=O)N1CCCC(=O)N(C)c1cccnc1. The van der Waals surface area contributed by atoms with Crippen LogP contribution in [-0.4, -0.2) is 35.3 Å². The molecule has 2 amide bonds. The van der Waals surface area contributed by atoms with Crippen molar-refractivity contribution < 1.29 is 9.59 Å². The smallest absolute Gasteiger partial charge is 0.254 e. The van der Waals surface area contributed by atoms with Gasteiger partial charge < -0.3 is 9.80 Å². The third-order valence-electron chi connectivity index (χ3n) is 5.45. The fourth-order valence-corrected chi connectivity index (χ4v) is 3.64. The van der Waals surface area contributed by atoms with Crippen LogP contribution in [0, 0.1) is 6.92 Å². The lowest BCUT2D eigenvalue weighted by atomic mass is 9.96. The number of pyridine rings is 1. The van der Waals surface area contributed by atoms with Crippen molar-refractivity contribution in [1.29, 1.82) is 0 Å². The molecule has 0 saturated carbocycles. The Hall–Kier alpha value is -3.21. The van der Waals surface area contributed by atoms with Crippen LogP contribution >= 0.6 is 0 Å². The van der Waals surface area contributed by atoms with Gasteiger partial charge in [0, 0.05) is 43.9 Å². The van der Waals surface area contributed by atoms with E-state index in [1.54, 1.807) is 35.3 Å². The summed E-state index contributed by atoms with van der Waals surface area (Å²) in [5.74, 6) is 0.00549. The average Bonchev–Trinajstić information content (AvgIpc) is 3.02. The standard InChI is InChI=1S/C24H27N3O2/c1-17-9-5-6-11-21(17)19(3)22-15-18(2)27(24(22)29)14-8-12-23(28)26(4)20-10-7-13-25-16-20/h5-7,9-11,13,16H,2,8,12,14-15H2,1,3-4H3. The van der Waals surface area contributed by atoms with Crippen molar-refractivity contribution in [3.8, 4) is 0 Å². The van der Waals surface area contributed by atoms with E-state index in [0.717, 1.165) is 33.7 Å². The van der Waals surface area contributed by atoms with E-state index < -0.39 is 0 Å². The molecule has 1 aromatic carbocycles. The first kappa shape index (κ1) is 20.5. The van der Waals surface area contributed by atoms with Gasteiger partial charge >= 0.3 is 0 Å². The number of rotatable bonds is 6. The molecule has 0 aliphatic carbocycles. The molecule has 1 aliphatic rings. The lowest BCUT2D eigenvalue weighted by Crippen LogP contribution is -2.29. The Morgan fingerprint density at radius 3 is 2.69 bits per heavy atom. The summed E-state index contributed by atoms with van der Waals surface area (Å²) in [7, 11) is 1.74. The molecular formula is C24H27N3O2. The van der Waals surface area contributed by atoms with Crippen LogP contribution in [0.25, 0.3) is 5.57 Å². The van der Waals surface area contributed by atoms with E-state index in [0.29, 0.717) is 25.8 Å². The molecule has 3 rings (SSSR count). The molecule has 1 aliphatic heterocycles. The Balaban J connectivity index is 1.63. The van der Waals surface area contributed by atoms with E-state index in [9.17, 15) is 9.59 Å². The first-order chi connectivity index (χ1) is 13.9. The second-order valence-corrected chi connectivity index (χ2v) is 7.39. The van der Waals surface area contributed by atoms with Crippen LogP contribution in [0.4, 0.5) is 5.69 Å². The van der Waals surface area contributed by atoms with E-state index >= 15 is 0 Å². The summed E-state index contributed by atoms with van der Waals surface area (Å²) >= 11 is 0. The van der Waals surface area contributed by atoms with Crippen LogP contribution in [0.1, 0.15) is 37.3 Å². The van der Waals surface area contributed by atoms with E-state index in [2.05, 4.69) is 24.6 Å². The summed E-state index contributed by atoms with van der Waals surface area (Å²) in [6.45, 7) is 8.63. The van der Waals surface area contributed by atoms with Crippen molar-refractivity contribution in [3.63, 3.8) is 0 Å². The maximum Gasteiger partial charge on any atom is 0.254 e. The highest BCUT2D eigenvalue weighted by Gasteiger charge is 2.31. The Bertz CT molecular complexity index is 963. The largest absolute Gasteiger partial charge is 0.314 e. The lowest BCUT2D eigenvalue weighted by Gasteiger charge is -2.19. The molecule has 0 unspecified atom stereocenters. The maximum atomic E-state index is 13.0. The fourth-order valence-electron chi connectivity index (χ4n) is 3.64. The van der Waals surface area contributed by atoms with Gasteiger partial charge in [-0.3, -0.25) is 14.6 Å². The third kappa shape index (κ3) is 4.45. The molecule has 150 valence electrons. The number of amides is 2. The van der Waals surface area contributed by atoms with E-state index in [-0.39, 0.29) is 11.8 Å². The number of carbonyl (C=O) groups excluding carboxylic acids is 2. The second kappa shape index (κ2) is 8.86. The Morgan fingerprint density at radius 2 is 2.00 bits per heavy atom. The van der Waals surface area contributed by atoms with Crippen LogP contribution in [-0.2, 0) is 9.59 Å². The minimum atomic E-state index is 0.00196. The highest BCUT2D eigenvalue weighted by molar-refractivity contribution is 6.05. The van der Waals surface area contributed by atoms with Gasteiger partial charge in [0.15, 0.2) is 0 Å². The number of allylic oxidation sites excluding steroid dienone is 2. The zero-order chi connectivity index (χ0) is 21.0. The first-order valence-corrected chi connectivity index (χ1v) is 9.82. The number of carbonyl (C=O) groups is 2. The molecule has 0 spiro atoms. The Kier molecular flexibility index (Phi) is 6.27. The van der Waals surface area contributed by atoms with Crippen LogP contribution < -0.4 is 4.90 Å².